The van der Waals surface area contributed by atoms with Crippen LogP contribution >= 0.6 is 11.3 Å². The van der Waals surface area contributed by atoms with E-state index < -0.39 is 6.10 Å². The normalized spacial score (nSPS) is 12.4. The molecule has 6 heteroatoms. The Morgan fingerprint density at radius 3 is 2.33 bits per heavy atom. The molecule has 140 valence electrons. The molecule has 2 aromatic carbocycles. The van der Waals surface area contributed by atoms with E-state index in [1.165, 1.54) is 16.9 Å². The Bertz CT molecular complexity index is 899. The number of aromatic nitrogens is 2. The number of anilines is 1. The zero-order chi connectivity index (χ0) is 19.4. The molecule has 0 aliphatic heterocycles. The maximum atomic E-state index is 12.4. The molecule has 1 N–H and O–H groups in total. The average molecular weight is 382 g/mol. The van der Waals surface area contributed by atoms with Crippen molar-refractivity contribution in [3.63, 3.8) is 0 Å². The Kier molecular flexibility index (Phi) is 5.56. The van der Waals surface area contributed by atoms with Crippen LogP contribution in [-0.2, 0) is 10.2 Å². The number of hydrogen-bond acceptors (Lipinski definition) is 5. The van der Waals surface area contributed by atoms with E-state index in [0.717, 1.165) is 10.6 Å². The Morgan fingerprint density at radius 1 is 1.04 bits per heavy atom. The van der Waals surface area contributed by atoms with E-state index in [1.807, 2.05) is 54.6 Å². The SMILES string of the molecule is C[C@@H](Oc1ccc(C(C)(C)C)cc1)C(=O)Nc1nnc(-c2ccccc2)s1. The van der Waals surface area contributed by atoms with Crippen molar-refractivity contribution in [2.75, 3.05) is 5.32 Å². The average Bonchev–Trinajstić information content (AvgIpc) is 3.10. The van der Waals surface area contributed by atoms with Gasteiger partial charge in [-0.3, -0.25) is 10.1 Å². The van der Waals surface area contributed by atoms with Crippen LogP contribution in [0, 0.1) is 0 Å². The molecule has 1 amide bonds. The largest absolute Gasteiger partial charge is 0.481 e. The highest BCUT2D eigenvalue weighted by molar-refractivity contribution is 7.18. The maximum Gasteiger partial charge on any atom is 0.266 e. The van der Waals surface area contributed by atoms with Gasteiger partial charge in [-0.05, 0) is 30.0 Å². The quantitative estimate of drug-likeness (QED) is 0.682. The molecule has 3 aromatic rings. The number of nitrogens with zero attached hydrogens (tertiary/aromatic N) is 2. The van der Waals surface area contributed by atoms with E-state index in [2.05, 4.69) is 36.3 Å². The van der Waals surface area contributed by atoms with Crippen molar-refractivity contribution in [3.8, 4) is 16.3 Å². The van der Waals surface area contributed by atoms with Crippen molar-refractivity contribution >= 4 is 22.4 Å². The number of amides is 1. The van der Waals surface area contributed by atoms with E-state index in [9.17, 15) is 4.79 Å². The van der Waals surface area contributed by atoms with Gasteiger partial charge in [-0.2, -0.15) is 0 Å². The highest BCUT2D eigenvalue weighted by Crippen LogP contribution is 2.27. The van der Waals surface area contributed by atoms with Crippen molar-refractivity contribution in [3.05, 3.63) is 60.2 Å². The summed E-state index contributed by atoms with van der Waals surface area (Å²) in [5.74, 6) is 0.401. The second kappa shape index (κ2) is 7.88. The third kappa shape index (κ3) is 4.92. The van der Waals surface area contributed by atoms with Gasteiger partial charge in [0.1, 0.15) is 10.8 Å². The standard InChI is InChI=1S/C21H23N3O2S/c1-14(26-17-12-10-16(11-13-17)21(2,3)4)18(25)22-20-24-23-19(27-20)15-8-6-5-7-9-15/h5-14H,1-4H3,(H,22,24,25)/t14-/m1/s1. The Morgan fingerprint density at radius 2 is 1.70 bits per heavy atom. The Hall–Kier alpha value is -2.73. The van der Waals surface area contributed by atoms with Gasteiger partial charge in [0.15, 0.2) is 6.10 Å². The zero-order valence-electron chi connectivity index (χ0n) is 15.9. The van der Waals surface area contributed by atoms with Crippen molar-refractivity contribution in [2.24, 2.45) is 0 Å². The van der Waals surface area contributed by atoms with Crippen LogP contribution in [0.5, 0.6) is 5.75 Å². The topological polar surface area (TPSA) is 64.1 Å². The van der Waals surface area contributed by atoms with E-state index in [4.69, 9.17) is 4.74 Å². The van der Waals surface area contributed by atoms with Gasteiger partial charge in [-0.15, -0.1) is 10.2 Å². The first-order valence-electron chi connectivity index (χ1n) is 8.80. The first-order chi connectivity index (χ1) is 12.8. The molecule has 27 heavy (non-hydrogen) atoms. The van der Waals surface area contributed by atoms with Gasteiger partial charge >= 0.3 is 0 Å². The van der Waals surface area contributed by atoms with E-state index >= 15 is 0 Å². The van der Waals surface area contributed by atoms with E-state index in [1.54, 1.807) is 6.92 Å². The highest BCUT2D eigenvalue weighted by Gasteiger charge is 2.18. The molecule has 0 bridgehead atoms. The molecule has 3 rings (SSSR count). The lowest BCUT2D eigenvalue weighted by molar-refractivity contribution is -0.122. The van der Waals surface area contributed by atoms with Gasteiger partial charge in [-0.1, -0.05) is 74.6 Å². The lowest BCUT2D eigenvalue weighted by Crippen LogP contribution is -2.30. The van der Waals surface area contributed by atoms with Crippen LogP contribution in [0.3, 0.4) is 0 Å². The van der Waals surface area contributed by atoms with Crippen LogP contribution in [0.15, 0.2) is 54.6 Å². The van der Waals surface area contributed by atoms with Crippen molar-refractivity contribution in [2.45, 2.75) is 39.2 Å². The van der Waals surface area contributed by atoms with Gasteiger partial charge in [0.25, 0.3) is 5.91 Å². The molecule has 0 aliphatic carbocycles. The van der Waals surface area contributed by atoms with Crippen LogP contribution in [-0.4, -0.2) is 22.2 Å². The predicted octanol–water partition coefficient (Wildman–Crippen LogP) is 4.91. The van der Waals surface area contributed by atoms with Crippen molar-refractivity contribution in [1.82, 2.24) is 10.2 Å². The molecular weight excluding hydrogens is 358 g/mol. The van der Waals surface area contributed by atoms with Crippen molar-refractivity contribution < 1.29 is 9.53 Å². The number of carbonyl (C=O) groups is 1. The molecule has 0 spiro atoms. The number of nitrogens with one attached hydrogen (secondary N) is 1. The van der Waals surface area contributed by atoms with Crippen LogP contribution in [0.25, 0.3) is 10.6 Å². The third-order valence-electron chi connectivity index (χ3n) is 4.08. The molecule has 0 aliphatic rings. The second-order valence-corrected chi connectivity index (χ2v) is 8.28. The van der Waals surface area contributed by atoms with Crippen LogP contribution in [0.2, 0.25) is 0 Å². The number of rotatable bonds is 5. The number of benzene rings is 2. The fraction of sp³-hybridized carbons (Fsp3) is 0.286. The minimum absolute atomic E-state index is 0.0792. The lowest BCUT2D eigenvalue weighted by Gasteiger charge is -2.20. The summed E-state index contributed by atoms with van der Waals surface area (Å²) in [4.78, 5) is 12.4. The molecule has 0 saturated heterocycles. The first kappa shape index (κ1) is 19.0. The highest BCUT2D eigenvalue weighted by atomic mass is 32.1. The first-order valence-corrected chi connectivity index (χ1v) is 9.61. The van der Waals surface area contributed by atoms with Gasteiger partial charge in [0.05, 0.1) is 0 Å². The molecule has 0 fully saturated rings. The van der Waals surface area contributed by atoms with Crippen LogP contribution < -0.4 is 10.1 Å². The smallest absolute Gasteiger partial charge is 0.266 e. The minimum atomic E-state index is -0.644. The predicted molar refractivity (Wildman–Crippen MR) is 109 cm³/mol. The third-order valence-corrected chi connectivity index (χ3v) is 4.97. The van der Waals surface area contributed by atoms with Crippen LogP contribution in [0.4, 0.5) is 5.13 Å². The Labute approximate surface area is 163 Å². The lowest BCUT2D eigenvalue weighted by atomic mass is 9.87. The summed E-state index contributed by atoms with van der Waals surface area (Å²) in [6.45, 7) is 8.19. The second-order valence-electron chi connectivity index (χ2n) is 7.30. The summed E-state index contributed by atoms with van der Waals surface area (Å²) < 4.78 is 5.75. The van der Waals surface area contributed by atoms with Gasteiger partial charge in [-0.25, -0.2) is 0 Å². The number of carbonyl (C=O) groups excluding carboxylic acids is 1. The van der Waals surface area contributed by atoms with Gasteiger partial charge in [0.2, 0.25) is 5.13 Å². The van der Waals surface area contributed by atoms with E-state index in [0.29, 0.717) is 10.9 Å². The molecule has 0 unspecified atom stereocenters. The monoisotopic (exact) mass is 381 g/mol. The molecule has 5 nitrogen and oxygen atoms in total. The van der Waals surface area contributed by atoms with E-state index in [-0.39, 0.29) is 11.3 Å². The number of hydrogen-bond donors (Lipinski definition) is 1. The minimum Gasteiger partial charge on any atom is -0.481 e. The fourth-order valence-corrected chi connectivity index (χ4v) is 3.22. The fourth-order valence-electron chi connectivity index (χ4n) is 2.47. The molecule has 1 heterocycles. The summed E-state index contributed by atoms with van der Waals surface area (Å²) in [7, 11) is 0. The molecule has 1 aromatic heterocycles. The Balaban J connectivity index is 1.60. The van der Waals surface area contributed by atoms with Gasteiger partial charge in [0, 0.05) is 5.56 Å². The molecular formula is C21H23N3O2S. The summed E-state index contributed by atoms with van der Waals surface area (Å²) >= 11 is 1.33. The molecule has 1 atom stereocenters. The summed E-state index contributed by atoms with van der Waals surface area (Å²) in [6, 6.07) is 17.6. The summed E-state index contributed by atoms with van der Waals surface area (Å²) in [6.07, 6.45) is -0.644. The summed E-state index contributed by atoms with van der Waals surface area (Å²) in [5.41, 5.74) is 2.27. The molecule has 0 saturated carbocycles. The summed E-state index contributed by atoms with van der Waals surface area (Å²) in [5, 5.41) is 12.2. The number of ether oxygens (including phenoxy) is 1. The molecule has 0 radical (unpaired) electrons. The zero-order valence-corrected chi connectivity index (χ0v) is 16.7. The van der Waals surface area contributed by atoms with Gasteiger partial charge < -0.3 is 4.74 Å². The maximum absolute atomic E-state index is 12.4. The van der Waals surface area contributed by atoms with Crippen LogP contribution in [0.1, 0.15) is 33.3 Å². The van der Waals surface area contributed by atoms with Crippen molar-refractivity contribution in [1.29, 1.82) is 0 Å².